The number of amides is 1. The topological polar surface area (TPSA) is 96.1 Å². The maximum absolute atomic E-state index is 12.5. The third kappa shape index (κ3) is 6.33. The number of thiophene rings is 1. The second-order valence-corrected chi connectivity index (χ2v) is 9.06. The summed E-state index contributed by atoms with van der Waals surface area (Å²) in [5.74, 6) is -2.26. The second-order valence-electron chi connectivity index (χ2n) is 8.28. The molecule has 8 nitrogen and oxygen atoms in total. The maximum atomic E-state index is 12.5. The lowest BCUT2D eigenvalue weighted by atomic mass is 9.71. The van der Waals surface area contributed by atoms with E-state index in [4.69, 9.17) is 19.1 Å². The summed E-state index contributed by atoms with van der Waals surface area (Å²) in [6, 6.07) is 2.21. The number of carboxylic acids is 1. The van der Waals surface area contributed by atoms with Gasteiger partial charge < -0.3 is 19.2 Å². The molecule has 2 saturated heterocycles. The van der Waals surface area contributed by atoms with Crippen LogP contribution in [0.15, 0.2) is 33.9 Å². The third-order valence-electron chi connectivity index (χ3n) is 6.18. The van der Waals surface area contributed by atoms with Crippen LogP contribution in [0.2, 0.25) is 0 Å². The molecule has 0 radical (unpaired) electrons. The van der Waals surface area contributed by atoms with E-state index in [1.54, 1.807) is 18.4 Å². The fourth-order valence-corrected chi connectivity index (χ4v) is 5.20. The van der Waals surface area contributed by atoms with Crippen molar-refractivity contribution in [2.24, 2.45) is 11.3 Å². The fraction of sp³-hybridized carbons (Fsp3) is 0.571. The van der Waals surface area contributed by atoms with Gasteiger partial charge in [0.15, 0.2) is 12.1 Å². The Morgan fingerprint density at radius 3 is 2.58 bits per heavy atom. The Balaban J connectivity index is 0.000000383. The number of halogens is 3. The number of likely N-dealkylation sites (tertiary alicyclic amines) is 2. The van der Waals surface area contributed by atoms with Crippen molar-refractivity contribution >= 4 is 23.2 Å². The van der Waals surface area contributed by atoms with Crippen molar-refractivity contribution in [2.75, 3.05) is 39.9 Å². The lowest BCUT2D eigenvalue weighted by Crippen LogP contribution is -2.47. The average molecular weight is 490 g/mol. The average Bonchev–Trinajstić information content (AvgIpc) is 3.52. The van der Waals surface area contributed by atoms with Crippen molar-refractivity contribution in [2.45, 2.75) is 25.6 Å². The predicted molar refractivity (Wildman–Crippen MR) is 113 cm³/mol. The predicted octanol–water partition coefficient (Wildman–Crippen LogP) is 3.37. The van der Waals surface area contributed by atoms with Crippen LogP contribution < -0.4 is 0 Å². The highest BCUT2D eigenvalue weighted by Gasteiger charge is 2.48. The highest BCUT2D eigenvalue weighted by Crippen LogP contribution is 2.45. The summed E-state index contributed by atoms with van der Waals surface area (Å²) in [5, 5.41) is 11.5. The van der Waals surface area contributed by atoms with Gasteiger partial charge >= 0.3 is 12.1 Å². The molecule has 12 heteroatoms. The minimum atomic E-state index is -5.08. The van der Waals surface area contributed by atoms with Crippen LogP contribution in [0, 0.1) is 11.3 Å². The first-order chi connectivity index (χ1) is 15.6. The first-order valence-electron chi connectivity index (χ1n) is 10.3. The van der Waals surface area contributed by atoms with Crippen LogP contribution in [0.1, 0.15) is 28.9 Å². The summed E-state index contributed by atoms with van der Waals surface area (Å²) in [6.45, 7) is 5.50. The number of aliphatic carboxylic acids is 1. The first-order valence-corrected chi connectivity index (χ1v) is 11.3. The summed E-state index contributed by atoms with van der Waals surface area (Å²) in [5.41, 5.74) is 2.04. The number of carbonyl (C=O) groups is 2. The van der Waals surface area contributed by atoms with Gasteiger partial charge in [0.05, 0.1) is 6.61 Å². The van der Waals surface area contributed by atoms with E-state index in [1.807, 2.05) is 4.90 Å². The molecule has 0 saturated carbocycles. The number of methoxy groups -OCH3 is 1. The molecule has 2 fully saturated rings. The van der Waals surface area contributed by atoms with Crippen molar-refractivity contribution in [3.05, 3.63) is 40.7 Å². The lowest BCUT2D eigenvalue weighted by Gasteiger charge is -2.42. The molecule has 0 bridgehead atoms. The second kappa shape index (κ2) is 10.7. The molecule has 182 valence electrons. The smallest absolute Gasteiger partial charge is 0.475 e. The SMILES string of the molecule is COCC1CN(Cc2ccsc2)CC12CCN(C(=O)c1cocn1)CC2.O=C(O)C(F)(F)F. The summed E-state index contributed by atoms with van der Waals surface area (Å²) < 4.78 is 42.2. The molecule has 33 heavy (non-hydrogen) atoms. The van der Waals surface area contributed by atoms with Crippen molar-refractivity contribution in [3.8, 4) is 0 Å². The maximum Gasteiger partial charge on any atom is 0.490 e. The molecule has 2 aromatic heterocycles. The van der Waals surface area contributed by atoms with Crippen molar-refractivity contribution in [1.82, 2.24) is 14.8 Å². The van der Waals surface area contributed by atoms with Gasteiger partial charge in [-0.3, -0.25) is 9.69 Å². The monoisotopic (exact) mass is 489 g/mol. The van der Waals surface area contributed by atoms with Gasteiger partial charge in [0.25, 0.3) is 5.91 Å². The molecule has 1 atom stereocenters. The minimum absolute atomic E-state index is 0.0231. The number of carbonyl (C=O) groups excluding carboxylic acids is 1. The van der Waals surface area contributed by atoms with Crippen molar-refractivity contribution in [1.29, 1.82) is 0 Å². The van der Waals surface area contributed by atoms with Gasteiger partial charge in [0.1, 0.15) is 6.26 Å². The minimum Gasteiger partial charge on any atom is -0.475 e. The highest BCUT2D eigenvalue weighted by atomic mass is 32.1. The van der Waals surface area contributed by atoms with Crippen LogP contribution >= 0.6 is 11.3 Å². The molecular formula is C21H26F3N3O5S. The number of ether oxygens (including phenoxy) is 1. The van der Waals surface area contributed by atoms with E-state index in [-0.39, 0.29) is 11.3 Å². The molecular weight excluding hydrogens is 463 g/mol. The van der Waals surface area contributed by atoms with Crippen LogP contribution in [-0.4, -0.2) is 77.8 Å². The standard InChI is InChI=1S/C19H25N3O3S.C2HF3O2/c1-24-10-16-9-21(8-15-2-7-26-12-15)13-19(16)3-5-22(6-4-19)18(23)17-11-25-14-20-17;3-2(4,5)1(6)7/h2,7,11-12,14,16H,3-6,8-10,13H2,1H3;(H,6,7). The van der Waals surface area contributed by atoms with Crippen LogP contribution in [0.5, 0.6) is 0 Å². The van der Waals surface area contributed by atoms with Gasteiger partial charge in [0.2, 0.25) is 0 Å². The van der Waals surface area contributed by atoms with E-state index in [9.17, 15) is 18.0 Å². The Morgan fingerprint density at radius 1 is 1.36 bits per heavy atom. The molecule has 1 N–H and O–H groups in total. The first kappa shape index (κ1) is 25.2. The van der Waals surface area contributed by atoms with Crippen LogP contribution in [0.3, 0.4) is 0 Å². The van der Waals surface area contributed by atoms with E-state index < -0.39 is 12.1 Å². The Morgan fingerprint density at radius 2 is 2.06 bits per heavy atom. The number of carboxylic acid groups (broad SMARTS) is 1. The number of alkyl halides is 3. The summed E-state index contributed by atoms with van der Waals surface area (Å²) in [7, 11) is 1.79. The van der Waals surface area contributed by atoms with E-state index in [1.165, 1.54) is 18.2 Å². The molecule has 4 rings (SSSR count). The molecule has 1 amide bonds. The number of hydrogen-bond acceptors (Lipinski definition) is 7. The molecule has 1 spiro atoms. The summed E-state index contributed by atoms with van der Waals surface area (Å²) >= 11 is 1.75. The number of piperidine rings is 1. The van der Waals surface area contributed by atoms with E-state index in [2.05, 4.69) is 26.7 Å². The normalized spacial score (nSPS) is 20.5. The third-order valence-corrected chi connectivity index (χ3v) is 6.91. The molecule has 0 aliphatic carbocycles. The largest absolute Gasteiger partial charge is 0.490 e. The number of hydrogen-bond donors (Lipinski definition) is 1. The fourth-order valence-electron chi connectivity index (χ4n) is 4.54. The Hall–Kier alpha value is -2.44. The summed E-state index contributed by atoms with van der Waals surface area (Å²) in [6.07, 6.45) is -0.305. The molecule has 1 unspecified atom stereocenters. The van der Waals surface area contributed by atoms with Crippen molar-refractivity contribution in [3.63, 3.8) is 0 Å². The quantitative estimate of drug-likeness (QED) is 0.688. The number of nitrogens with zero attached hydrogens (tertiary/aromatic N) is 3. The Labute approximate surface area is 192 Å². The van der Waals surface area contributed by atoms with Gasteiger partial charge in [-0.15, -0.1) is 0 Å². The van der Waals surface area contributed by atoms with Crippen molar-refractivity contribution < 1.29 is 37.0 Å². The zero-order valence-corrected chi connectivity index (χ0v) is 18.9. The van der Waals surface area contributed by atoms with Gasteiger partial charge in [0, 0.05) is 45.8 Å². The number of rotatable bonds is 5. The van der Waals surface area contributed by atoms with Crippen LogP contribution in [-0.2, 0) is 16.1 Å². The molecule has 2 aliphatic rings. The molecule has 2 aliphatic heterocycles. The molecule has 2 aromatic rings. The Kier molecular flexibility index (Phi) is 8.14. The van der Waals surface area contributed by atoms with E-state index >= 15 is 0 Å². The molecule has 0 aromatic carbocycles. The zero-order chi connectivity index (χ0) is 24.1. The van der Waals surface area contributed by atoms with Crippen LogP contribution in [0.25, 0.3) is 0 Å². The zero-order valence-electron chi connectivity index (χ0n) is 18.1. The lowest BCUT2D eigenvalue weighted by molar-refractivity contribution is -0.192. The van der Waals surface area contributed by atoms with Gasteiger partial charge in [-0.1, -0.05) is 0 Å². The van der Waals surface area contributed by atoms with E-state index in [0.29, 0.717) is 11.6 Å². The highest BCUT2D eigenvalue weighted by molar-refractivity contribution is 7.07. The Bertz CT molecular complexity index is 897. The van der Waals surface area contributed by atoms with Gasteiger partial charge in [-0.25, -0.2) is 9.78 Å². The van der Waals surface area contributed by atoms with E-state index in [0.717, 1.165) is 52.2 Å². The molecule has 4 heterocycles. The number of oxazole rings is 1. The van der Waals surface area contributed by atoms with Gasteiger partial charge in [-0.2, -0.15) is 24.5 Å². The van der Waals surface area contributed by atoms with Crippen LogP contribution in [0.4, 0.5) is 13.2 Å². The van der Waals surface area contributed by atoms with Gasteiger partial charge in [-0.05, 0) is 40.6 Å². The summed E-state index contributed by atoms with van der Waals surface area (Å²) in [4.78, 5) is 29.9. The number of aromatic nitrogens is 1.